The van der Waals surface area contributed by atoms with E-state index in [0.717, 1.165) is 37.1 Å². The first-order valence-electron chi connectivity index (χ1n) is 7.40. The number of rotatable bonds is 3. The highest BCUT2D eigenvalue weighted by Gasteiger charge is 2.17. The van der Waals surface area contributed by atoms with E-state index >= 15 is 0 Å². The predicted octanol–water partition coefficient (Wildman–Crippen LogP) is 2.74. The zero-order valence-electron chi connectivity index (χ0n) is 12.8. The molecule has 1 atom stereocenters. The Morgan fingerprint density at radius 2 is 2.27 bits per heavy atom. The quantitative estimate of drug-likeness (QED) is 0.816. The van der Waals surface area contributed by atoms with Crippen molar-refractivity contribution in [2.24, 2.45) is 0 Å². The second kappa shape index (κ2) is 6.27. The molecule has 3 rings (SSSR count). The fraction of sp³-hybridized carbons (Fsp3) is 0.438. The van der Waals surface area contributed by atoms with Crippen molar-refractivity contribution in [2.45, 2.75) is 32.4 Å². The summed E-state index contributed by atoms with van der Waals surface area (Å²) in [7, 11) is 1.37. The first kappa shape index (κ1) is 14.7. The van der Waals surface area contributed by atoms with Crippen LogP contribution in [-0.4, -0.2) is 34.5 Å². The highest BCUT2D eigenvalue weighted by molar-refractivity contribution is 5.90. The van der Waals surface area contributed by atoms with Gasteiger partial charge in [0.05, 0.1) is 24.6 Å². The summed E-state index contributed by atoms with van der Waals surface area (Å²) in [5.74, 6) is -0.366. The first-order chi connectivity index (χ1) is 10.7. The van der Waals surface area contributed by atoms with Crippen LogP contribution in [0.25, 0.3) is 11.3 Å². The molecule has 1 unspecified atom stereocenters. The Kier molecular flexibility index (Phi) is 4.20. The van der Waals surface area contributed by atoms with Gasteiger partial charge in [0.1, 0.15) is 6.23 Å². The van der Waals surface area contributed by atoms with E-state index in [-0.39, 0.29) is 12.2 Å². The zero-order valence-corrected chi connectivity index (χ0v) is 12.8. The minimum Gasteiger partial charge on any atom is -0.465 e. The van der Waals surface area contributed by atoms with Crippen LogP contribution in [-0.2, 0) is 9.47 Å². The van der Waals surface area contributed by atoms with E-state index in [2.05, 4.69) is 10.1 Å². The molecule has 6 nitrogen and oxygen atoms in total. The number of hydrogen-bond acceptors (Lipinski definition) is 5. The van der Waals surface area contributed by atoms with Crippen LogP contribution in [0.15, 0.2) is 24.5 Å². The highest BCUT2D eigenvalue weighted by Crippen LogP contribution is 2.25. The molecule has 1 fully saturated rings. The first-order valence-corrected chi connectivity index (χ1v) is 7.40. The molecule has 2 aromatic rings. The molecule has 0 N–H and O–H groups in total. The van der Waals surface area contributed by atoms with Gasteiger partial charge in [0, 0.05) is 24.1 Å². The van der Waals surface area contributed by atoms with Gasteiger partial charge in [-0.25, -0.2) is 9.48 Å². The molecule has 0 amide bonds. The van der Waals surface area contributed by atoms with E-state index in [1.54, 1.807) is 18.3 Å². The summed E-state index contributed by atoms with van der Waals surface area (Å²) >= 11 is 0. The van der Waals surface area contributed by atoms with Gasteiger partial charge in [-0.15, -0.1) is 0 Å². The second-order valence-corrected chi connectivity index (χ2v) is 5.40. The van der Waals surface area contributed by atoms with Crippen molar-refractivity contribution in [1.82, 2.24) is 14.8 Å². The van der Waals surface area contributed by atoms with Crippen molar-refractivity contribution in [1.29, 1.82) is 0 Å². The van der Waals surface area contributed by atoms with Crippen LogP contribution < -0.4 is 0 Å². The summed E-state index contributed by atoms with van der Waals surface area (Å²) in [6.45, 7) is 2.62. The van der Waals surface area contributed by atoms with Gasteiger partial charge in [-0.1, -0.05) is 0 Å². The predicted molar refractivity (Wildman–Crippen MR) is 80.4 cm³/mol. The number of carbonyl (C=O) groups is 1. The third-order valence-electron chi connectivity index (χ3n) is 3.72. The number of carbonyl (C=O) groups excluding carboxylic acids is 1. The lowest BCUT2D eigenvalue weighted by Gasteiger charge is -2.22. The van der Waals surface area contributed by atoms with Crippen LogP contribution in [0.5, 0.6) is 0 Å². The zero-order chi connectivity index (χ0) is 15.5. The Morgan fingerprint density at radius 3 is 3.00 bits per heavy atom. The van der Waals surface area contributed by atoms with Gasteiger partial charge in [0.2, 0.25) is 0 Å². The second-order valence-electron chi connectivity index (χ2n) is 5.40. The molecule has 0 spiro atoms. The molecule has 116 valence electrons. The number of nitrogens with zero attached hydrogens (tertiary/aromatic N) is 3. The molecule has 1 saturated heterocycles. The van der Waals surface area contributed by atoms with Gasteiger partial charge < -0.3 is 9.47 Å². The van der Waals surface area contributed by atoms with E-state index < -0.39 is 0 Å². The van der Waals surface area contributed by atoms with Gasteiger partial charge in [0.25, 0.3) is 0 Å². The standard InChI is InChI=1S/C16H19N3O3/c1-11-7-12(16(20)21-2)8-14(18-11)13-9-17-19(10-13)15-5-3-4-6-22-15/h7-10,15H,3-6H2,1-2H3. The monoisotopic (exact) mass is 301 g/mol. The van der Waals surface area contributed by atoms with E-state index in [0.29, 0.717) is 11.3 Å². The number of methoxy groups -OCH3 is 1. The minimum absolute atomic E-state index is 0.00705. The molecule has 1 aliphatic rings. The number of pyridine rings is 1. The smallest absolute Gasteiger partial charge is 0.337 e. The summed E-state index contributed by atoms with van der Waals surface area (Å²) in [5.41, 5.74) is 2.83. The topological polar surface area (TPSA) is 66.2 Å². The summed E-state index contributed by atoms with van der Waals surface area (Å²) < 4.78 is 12.3. The molecule has 0 aliphatic carbocycles. The normalized spacial score (nSPS) is 18.2. The van der Waals surface area contributed by atoms with Crippen molar-refractivity contribution in [3.63, 3.8) is 0 Å². The molecule has 0 bridgehead atoms. The summed E-state index contributed by atoms with van der Waals surface area (Å²) in [6, 6.07) is 3.44. The third-order valence-corrected chi connectivity index (χ3v) is 3.72. The molecule has 0 aromatic carbocycles. The summed E-state index contributed by atoms with van der Waals surface area (Å²) in [4.78, 5) is 16.2. The maximum Gasteiger partial charge on any atom is 0.337 e. The third kappa shape index (κ3) is 3.01. The molecular weight excluding hydrogens is 282 g/mol. The molecule has 2 aromatic heterocycles. The van der Waals surface area contributed by atoms with Gasteiger partial charge in [-0.2, -0.15) is 5.10 Å². The Morgan fingerprint density at radius 1 is 1.41 bits per heavy atom. The van der Waals surface area contributed by atoms with Gasteiger partial charge >= 0.3 is 5.97 Å². The van der Waals surface area contributed by atoms with E-state index in [9.17, 15) is 4.79 Å². The van der Waals surface area contributed by atoms with Crippen molar-refractivity contribution in [3.05, 3.63) is 35.8 Å². The fourth-order valence-electron chi connectivity index (χ4n) is 2.61. The fourth-order valence-corrected chi connectivity index (χ4v) is 2.61. The Bertz CT molecular complexity index is 675. The molecule has 3 heterocycles. The minimum atomic E-state index is -0.366. The van der Waals surface area contributed by atoms with E-state index in [1.165, 1.54) is 7.11 Å². The van der Waals surface area contributed by atoms with Crippen molar-refractivity contribution in [3.8, 4) is 11.3 Å². The van der Waals surface area contributed by atoms with Crippen LogP contribution in [0.4, 0.5) is 0 Å². The Hall–Kier alpha value is -2.21. The van der Waals surface area contributed by atoms with Gasteiger partial charge in [-0.3, -0.25) is 4.98 Å². The highest BCUT2D eigenvalue weighted by atomic mass is 16.5. The Labute approximate surface area is 129 Å². The number of hydrogen-bond donors (Lipinski definition) is 0. The average Bonchev–Trinajstić information content (AvgIpc) is 3.04. The van der Waals surface area contributed by atoms with Gasteiger partial charge in [0.15, 0.2) is 0 Å². The molecule has 1 aliphatic heterocycles. The SMILES string of the molecule is COC(=O)c1cc(C)nc(-c2cnn(C3CCCCO3)c2)c1. The molecule has 0 radical (unpaired) electrons. The van der Waals surface area contributed by atoms with Crippen LogP contribution in [0, 0.1) is 6.92 Å². The van der Waals surface area contributed by atoms with E-state index in [1.807, 2.05) is 17.8 Å². The number of esters is 1. The largest absolute Gasteiger partial charge is 0.465 e. The number of aryl methyl sites for hydroxylation is 1. The van der Waals surface area contributed by atoms with Crippen molar-refractivity contribution in [2.75, 3.05) is 13.7 Å². The van der Waals surface area contributed by atoms with E-state index in [4.69, 9.17) is 9.47 Å². The number of ether oxygens (including phenoxy) is 2. The molecular formula is C16H19N3O3. The summed E-state index contributed by atoms with van der Waals surface area (Å²) in [5, 5.41) is 4.38. The number of aromatic nitrogens is 3. The summed E-state index contributed by atoms with van der Waals surface area (Å²) in [6.07, 6.45) is 6.88. The van der Waals surface area contributed by atoms with Crippen molar-refractivity contribution >= 4 is 5.97 Å². The van der Waals surface area contributed by atoms with Crippen LogP contribution >= 0.6 is 0 Å². The maximum absolute atomic E-state index is 11.7. The lowest BCUT2D eigenvalue weighted by molar-refractivity contribution is -0.0394. The lowest BCUT2D eigenvalue weighted by Crippen LogP contribution is -2.18. The van der Waals surface area contributed by atoms with Crippen molar-refractivity contribution < 1.29 is 14.3 Å². The van der Waals surface area contributed by atoms with Crippen LogP contribution in [0.1, 0.15) is 41.5 Å². The van der Waals surface area contributed by atoms with Crippen LogP contribution in [0.2, 0.25) is 0 Å². The maximum atomic E-state index is 11.7. The Balaban J connectivity index is 1.89. The molecule has 22 heavy (non-hydrogen) atoms. The van der Waals surface area contributed by atoms with Crippen LogP contribution in [0.3, 0.4) is 0 Å². The average molecular weight is 301 g/mol. The lowest BCUT2D eigenvalue weighted by atomic mass is 10.1. The molecule has 0 saturated carbocycles. The van der Waals surface area contributed by atoms with Gasteiger partial charge in [-0.05, 0) is 38.3 Å². The molecule has 6 heteroatoms.